The maximum absolute atomic E-state index is 13.2. The number of alkyl halides is 3. The summed E-state index contributed by atoms with van der Waals surface area (Å²) in [6.07, 6.45) is -4.29. The van der Waals surface area contributed by atoms with Crippen molar-refractivity contribution in [2.75, 3.05) is 31.3 Å². The molecule has 2 aromatic heterocycles. The zero-order chi connectivity index (χ0) is 28.4. The highest BCUT2D eigenvalue weighted by molar-refractivity contribution is 7.89. The van der Waals surface area contributed by atoms with E-state index in [2.05, 4.69) is 20.5 Å². The third-order valence-corrected chi connectivity index (χ3v) is 8.13. The molecular formula is C24H27F3N6O5S. The summed E-state index contributed by atoms with van der Waals surface area (Å²) in [5, 5.41) is 20.1. The second-order valence-corrected chi connectivity index (χ2v) is 11.1. The topological polar surface area (TPSA) is 140 Å². The van der Waals surface area contributed by atoms with Gasteiger partial charge in [0.15, 0.2) is 5.82 Å². The molecule has 1 aliphatic heterocycles. The molecule has 3 heterocycles. The molecule has 11 nitrogen and oxygen atoms in total. The van der Waals surface area contributed by atoms with Gasteiger partial charge < -0.3 is 19.7 Å². The molecular weight excluding hydrogens is 541 g/mol. The number of methoxy groups -OCH3 is 1. The number of fused-ring (bicyclic) bond motifs is 1. The molecule has 0 radical (unpaired) electrons. The summed E-state index contributed by atoms with van der Waals surface area (Å²) < 4.78 is 70.9. The van der Waals surface area contributed by atoms with E-state index in [4.69, 9.17) is 4.74 Å². The number of rotatable bonds is 9. The van der Waals surface area contributed by atoms with Crippen LogP contribution in [0.15, 0.2) is 36.7 Å². The lowest BCUT2D eigenvalue weighted by molar-refractivity contribution is -0.130. The maximum atomic E-state index is 13.2. The molecule has 0 fully saturated rings. The lowest BCUT2D eigenvalue weighted by Gasteiger charge is -2.29. The van der Waals surface area contributed by atoms with Crippen molar-refractivity contribution in [2.45, 2.75) is 38.5 Å². The van der Waals surface area contributed by atoms with Crippen LogP contribution in [-0.2, 0) is 23.0 Å². The van der Waals surface area contributed by atoms with Gasteiger partial charge in [-0.3, -0.25) is 4.79 Å². The quantitative estimate of drug-likeness (QED) is 0.402. The van der Waals surface area contributed by atoms with E-state index < -0.39 is 34.3 Å². The van der Waals surface area contributed by atoms with Gasteiger partial charge in [0.25, 0.3) is 5.91 Å². The Labute approximate surface area is 222 Å². The summed E-state index contributed by atoms with van der Waals surface area (Å²) in [6.45, 7) is 1.51. The van der Waals surface area contributed by atoms with Crippen LogP contribution in [0.1, 0.15) is 40.9 Å². The van der Waals surface area contributed by atoms with Crippen LogP contribution in [0.25, 0.3) is 11.5 Å². The lowest BCUT2D eigenvalue weighted by Crippen LogP contribution is -2.38. The number of halogens is 3. The van der Waals surface area contributed by atoms with Crippen LogP contribution in [0.2, 0.25) is 0 Å². The van der Waals surface area contributed by atoms with Crippen molar-refractivity contribution in [3.05, 3.63) is 53.3 Å². The highest BCUT2D eigenvalue weighted by Gasteiger charge is 2.34. The summed E-state index contributed by atoms with van der Waals surface area (Å²) in [4.78, 5) is 17.7. The SMILES string of the molecule is COc1cc2c(cc1C(=O)Nc1cccc(-c3nncn3[C@H](C)CO)n1)CN(S(=O)(=O)CCC(F)(F)F)CC2. The first-order valence-electron chi connectivity index (χ1n) is 12.0. The van der Waals surface area contributed by atoms with Gasteiger partial charge in [0, 0.05) is 13.1 Å². The van der Waals surface area contributed by atoms with Crippen molar-refractivity contribution in [3.8, 4) is 17.3 Å². The molecule has 15 heteroatoms. The van der Waals surface area contributed by atoms with Gasteiger partial charge in [-0.05, 0) is 48.7 Å². The summed E-state index contributed by atoms with van der Waals surface area (Å²) >= 11 is 0. The minimum Gasteiger partial charge on any atom is -0.496 e. The van der Waals surface area contributed by atoms with Gasteiger partial charge in [-0.1, -0.05) is 6.07 Å². The molecule has 0 spiro atoms. The number of carbonyl (C=O) groups is 1. The van der Waals surface area contributed by atoms with E-state index in [0.29, 0.717) is 17.1 Å². The minimum absolute atomic E-state index is 0.0259. The molecule has 1 amide bonds. The van der Waals surface area contributed by atoms with Crippen LogP contribution < -0.4 is 10.1 Å². The fourth-order valence-electron chi connectivity index (χ4n) is 4.17. The van der Waals surface area contributed by atoms with Crippen molar-refractivity contribution >= 4 is 21.7 Å². The van der Waals surface area contributed by atoms with Crippen LogP contribution in [-0.4, -0.2) is 75.7 Å². The Hall–Kier alpha value is -3.56. The van der Waals surface area contributed by atoms with Gasteiger partial charge in [0.1, 0.15) is 23.6 Å². The zero-order valence-corrected chi connectivity index (χ0v) is 22.0. The molecule has 4 rings (SSSR count). The van der Waals surface area contributed by atoms with Gasteiger partial charge in [-0.2, -0.15) is 17.5 Å². The number of aromatic nitrogens is 4. The second-order valence-electron chi connectivity index (χ2n) is 9.04. The molecule has 210 valence electrons. The molecule has 0 bridgehead atoms. The number of aliphatic hydroxyl groups excluding tert-OH is 1. The summed E-state index contributed by atoms with van der Waals surface area (Å²) in [7, 11) is -2.76. The van der Waals surface area contributed by atoms with E-state index in [1.807, 2.05) is 0 Å². The average Bonchev–Trinajstić information content (AvgIpc) is 3.40. The molecule has 0 saturated carbocycles. The average molecular weight is 569 g/mol. The molecule has 3 aromatic rings. The number of ether oxygens (including phenoxy) is 1. The fourth-order valence-corrected chi connectivity index (χ4v) is 5.62. The highest BCUT2D eigenvalue weighted by atomic mass is 32.2. The maximum Gasteiger partial charge on any atom is 0.390 e. The van der Waals surface area contributed by atoms with Crippen LogP contribution in [0, 0.1) is 0 Å². The number of pyridine rings is 1. The summed E-state index contributed by atoms with van der Waals surface area (Å²) in [6, 6.07) is 7.72. The number of aliphatic hydroxyl groups is 1. The number of hydrogen-bond acceptors (Lipinski definition) is 8. The highest BCUT2D eigenvalue weighted by Crippen LogP contribution is 2.31. The molecule has 0 unspecified atom stereocenters. The summed E-state index contributed by atoms with van der Waals surface area (Å²) in [5.41, 5.74) is 1.75. The van der Waals surface area contributed by atoms with Crippen LogP contribution in [0.3, 0.4) is 0 Å². The van der Waals surface area contributed by atoms with Gasteiger partial charge in [-0.25, -0.2) is 13.4 Å². The van der Waals surface area contributed by atoms with Gasteiger partial charge in [-0.15, -0.1) is 10.2 Å². The Morgan fingerprint density at radius 2 is 2.03 bits per heavy atom. The van der Waals surface area contributed by atoms with E-state index in [1.165, 1.54) is 19.5 Å². The first-order chi connectivity index (χ1) is 18.4. The number of carbonyl (C=O) groups excluding carboxylic acids is 1. The number of sulfonamides is 1. The van der Waals surface area contributed by atoms with E-state index in [-0.39, 0.29) is 49.3 Å². The standard InChI is InChI=1S/C24H27F3N6O5S/c1-15(13-34)33-14-28-31-22(33)19-4-3-5-21(29-19)30-23(35)18-10-17-12-32(8-6-16(17)11-20(18)38-2)39(36,37)9-7-24(25,26)27/h3-5,10-11,14-15,34H,6-9,12-13H2,1-2H3,(H,29,30,35)/t15-/m1/s1. The van der Waals surface area contributed by atoms with Crippen molar-refractivity contribution in [3.63, 3.8) is 0 Å². The molecule has 2 N–H and O–H groups in total. The predicted octanol–water partition coefficient (Wildman–Crippen LogP) is 2.79. The smallest absolute Gasteiger partial charge is 0.390 e. The largest absolute Gasteiger partial charge is 0.496 e. The Morgan fingerprint density at radius 1 is 1.26 bits per heavy atom. The fraction of sp³-hybridized carbons (Fsp3) is 0.417. The van der Waals surface area contributed by atoms with Crippen molar-refractivity contribution < 1.29 is 36.2 Å². The van der Waals surface area contributed by atoms with Crippen molar-refractivity contribution in [1.29, 1.82) is 0 Å². The second kappa shape index (κ2) is 11.3. The van der Waals surface area contributed by atoms with E-state index >= 15 is 0 Å². The number of nitrogens with zero attached hydrogens (tertiary/aromatic N) is 5. The lowest BCUT2D eigenvalue weighted by atomic mass is 9.97. The van der Waals surface area contributed by atoms with Crippen LogP contribution in [0.5, 0.6) is 5.75 Å². The minimum atomic E-state index is -4.59. The molecule has 0 saturated heterocycles. The van der Waals surface area contributed by atoms with E-state index in [9.17, 15) is 31.5 Å². The van der Waals surface area contributed by atoms with Gasteiger partial charge in [0.2, 0.25) is 10.0 Å². The van der Waals surface area contributed by atoms with Gasteiger partial charge in [0.05, 0.1) is 37.5 Å². The molecule has 1 atom stereocenters. The summed E-state index contributed by atoms with van der Waals surface area (Å²) in [5.74, 6) is -0.776. The van der Waals surface area contributed by atoms with E-state index in [1.54, 1.807) is 35.8 Å². The number of anilines is 1. The third-order valence-electron chi connectivity index (χ3n) is 6.31. The monoisotopic (exact) mass is 568 g/mol. The number of benzene rings is 1. The Kier molecular flexibility index (Phi) is 8.23. The zero-order valence-electron chi connectivity index (χ0n) is 21.1. The molecule has 1 aromatic carbocycles. The molecule has 1 aliphatic rings. The molecule has 0 aliphatic carbocycles. The number of nitrogens with one attached hydrogen (secondary N) is 1. The van der Waals surface area contributed by atoms with Crippen LogP contribution >= 0.6 is 0 Å². The first kappa shape index (κ1) is 28.4. The molecule has 39 heavy (non-hydrogen) atoms. The normalized spacial score (nSPS) is 15.0. The Bertz CT molecular complexity index is 1460. The van der Waals surface area contributed by atoms with Crippen LogP contribution in [0.4, 0.5) is 19.0 Å². The first-order valence-corrected chi connectivity index (χ1v) is 13.6. The van der Waals surface area contributed by atoms with E-state index in [0.717, 1.165) is 9.87 Å². The number of amides is 1. The van der Waals surface area contributed by atoms with Gasteiger partial charge >= 0.3 is 6.18 Å². The third kappa shape index (κ3) is 6.54. The van der Waals surface area contributed by atoms with Crippen molar-refractivity contribution in [2.24, 2.45) is 0 Å². The Morgan fingerprint density at radius 3 is 2.72 bits per heavy atom. The Balaban J connectivity index is 1.56. The predicted molar refractivity (Wildman–Crippen MR) is 135 cm³/mol. The van der Waals surface area contributed by atoms with Crippen molar-refractivity contribution in [1.82, 2.24) is 24.1 Å². The number of hydrogen-bond donors (Lipinski definition) is 2.